The number of nitrogens with zero attached hydrogens (tertiary/aromatic N) is 4. The van der Waals surface area contributed by atoms with Crippen molar-refractivity contribution in [3.63, 3.8) is 0 Å². The van der Waals surface area contributed by atoms with Crippen LogP contribution in [0.5, 0.6) is 0 Å². The van der Waals surface area contributed by atoms with Crippen molar-refractivity contribution >= 4 is 22.5 Å². The van der Waals surface area contributed by atoms with E-state index in [1.165, 1.54) is 14.2 Å². The summed E-state index contributed by atoms with van der Waals surface area (Å²) in [5.41, 5.74) is 1.45. The quantitative estimate of drug-likeness (QED) is 0.659. The van der Waals surface area contributed by atoms with Crippen LogP contribution in [0.15, 0.2) is 27.6 Å². The molecule has 0 aliphatic heterocycles. The number of likely N-dealkylation sites (N-methyl/N-ethyl adjacent to an activating group) is 1. The van der Waals surface area contributed by atoms with E-state index in [-0.39, 0.29) is 18.0 Å². The Bertz CT molecular complexity index is 889. The standard InChI is InChI=1S/C13H14N4O4/c1-8-14-16(7-12(18)15(2)20-3)13(19)10-6-11-9(17(8)10)4-5-21-11/h4-6H,7H2,1-3H3. The fraction of sp³-hybridized carbons (Fsp3) is 0.308. The fourth-order valence-corrected chi connectivity index (χ4v) is 2.27. The zero-order valence-corrected chi connectivity index (χ0v) is 11.9. The van der Waals surface area contributed by atoms with Crippen molar-refractivity contribution in [1.82, 2.24) is 19.2 Å². The van der Waals surface area contributed by atoms with E-state index in [2.05, 4.69) is 5.10 Å². The molecule has 21 heavy (non-hydrogen) atoms. The number of fused-ring (bicyclic) bond motifs is 3. The van der Waals surface area contributed by atoms with Gasteiger partial charge in [0, 0.05) is 19.2 Å². The maximum absolute atomic E-state index is 12.4. The Morgan fingerprint density at radius 3 is 2.95 bits per heavy atom. The highest BCUT2D eigenvalue weighted by molar-refractivity contribution is 5.82. The second-order valence-electron chi connectivity index (χ2n) is 4.62. The summed E-state index contributed by atoms with van der Waals surface area (Å²) in [6.07, 6.45) is 1.55. The Labute approximate surface area is 119 Å². The van der Waals surface area contributed by atoms with Crippen LogP contribution in [0, 0.1) is 6.92 Å². The van der Waals surface area contributed by atoms with Gasteiger partial charge in [0.25, 0.3) is 11.5 Å². The molecule has 0 bridgehead atoms. The second kappa shape index (κ2) is 4.74. The molecule has 8 heteroatoms. The molecule has 0 saturated carbocycles. The summed E-state index contributed by atoms with van der Waals surface area (Å²) in [6, 6.07) is 3.41. The van der Waals surface area contributed by atoms with E-state index in [9.17, 15) is 9.59 Å². The fourth-order valence-electron chi connectivity index (χ4n) is 2.27. The average molecular weight is 290 g/mol. The van der Waals surface area contributed by atoms with E-state index in [0.717, 1.165) is 15.3 Å². The largest absolute Gasteiger partial charge is 0.463 e. The number of hydroxylamine groups is 2. The monoisotopic (exact) mass is 290 g/mol. The molecule has 0 unspecified atom stereocenters. The van der Waals surface area contributed by atoms with E-state index in [1.807, 2.05) is 0 Å². The van der Waals surface area contributed by atoms with E-state index in [1.54, 1.807) is 29.7 Å². The van der Waals surface area contributed by atoms with Gasteiger partial charge in [0.2, 0.25) is 0 Å². The molecule has 0 atom stereocenters. The van der Waals surface area contributed by atoms with Crippen molar-refractivity contribution in [2.24, 2.45) is 0 Å². The first-order valence-electron chi connectivity index (χ1n) is 6.30. The molecule has 0 aliphatic rings. The number of rotatable bonds is 3. The molecule has 0 aliphatic carbocycles. The van der Waals surface area contributed by atoms with Crippen LogP contribution >= 0.6 is 0 Å². The van der Waals surface area contributed by atoms with Crippen LogP contribution in [-0.4, -0.2) is 39.3 Å². The SMILES string of the molecule is CON(C)C(=O)Cn1nc(C)n2c(cc3occc32)c1=O. The first-order valence-corrected chi connectivity index (χ1v) is 6.30. The molecule has 3 aromatic rings. The van der Waals surface area contributed by atoms with Crippen molar-refractivity contribution in [1.29, 1.82) is 0 Å². The molecule has 0 radical (unpaired) electrons. The van der Waals surface area contributed by atoms with E-state index in [0.29, 0.717) is 16.9 Å². The van der Waals surface area contributed by atoms with Crippen LogP contribution in [0.1, 0.15) is 5.82 Å². The van der Waals surface area contributed by atoms with E-state index < -0.39 is 0 Å². The molecule has 0 spiro atoms. The van der Waals surface area contributed by atoms with Crippen molar-refractivity contribution in [3.8, 4) is 0 Å². The molecule has 3 rings (SSSR count). The number of aryl methyl sites for hydroxylation is 1. The lowest BCUT2D eigenvalue weighted by Gasteiger charge is -2.14. The van der Waals surface area contributed by atoms with Gasteiger partial charge in [0.15, 0.2) is 5.58 Å². The van der Waals surface area contributed by atoms with E-state index in [4.69, 9.17) is 9.25 Å². The normalized spacial score (nSPS) is 11.4. The number of hydrogen-bond donors (Lipinski definition) is 0. The lowest BCUT2D eigenvalue weighted by Crippen LogP contribution is -2.35. The van der Waals surface area contributed by atoms with Crippen molar-refractivity contribution in [2.45, 2.75) is 13.5 Å². The number of carbonyl (C=O) groups is 1. The van der Waals surface area contributed by atoms with Crippen LogP contribution in [0.25, 0.3) is 16.6 Å². The topological polar surface area (TPSA) is 82.0 Å². The molecule has 8 nitrogen and oxygen atoms in total. The molecule has 0 fully saturated rings. The zero-order valence-electron chi connectivity index (χ0n) is 11.9. The highest BCUT2D eigenvalue weighted by Gasteiger charge is 2.16. The number of amides is 1. The summed E-state index contributed by atoms with van der Waals surface area (Å²) in [6.45, 7) is 1.58. The second-order valence-corrected chi connectivity index (χ2v) is 4.62. The highest BCUT2D eigenvalue weighted by atomic mass is 16.7. The molecule has 0 N–H and O–H groups in total. The summed E-state index contributed by atoms with van der Waals surface area (Å²) < 4.78 is 8.13. The predicted molar refractivity (Wildman–Crippen MR) is 73.7 cm³/mol. The van der Waals surface area contributed by atoms with Crippen LogP contribution in [0.4, 0.5) is 0 Å². The molecule has 1 amide bonds. The molecule has 0 saturated heterocycles. The van der Waals surface area contributed by atoms with Gasteiger partial charge in [-0.2, -0.15) is 5.10 Å². The van der Waals surface area contributed by atoms with Gasteiger partial charge in [-0.25, -0.2) is 9.75 Å². The maximum Gasteiger partial charge on any atom is 0.291 e. The lowest BCUT2D eigenvalue weighted by molar-refractivity contribution is -0.169. The van der Waals surface area contributed by atoms with Gasteiger partial charge >= 0.3 is 0 Å². The summed E-state index contributed by atoms with van der Waals surface area (Å²) in [5, 5.41) is 5.24. The van der Waals surface area contributed by atoms with E-state index >= 15 is 0 Å². The number of furan rings is 1. The third-order valence-corrected chi connectivity index (χ3v) is 3.38. The number of aromatic nitrogens is 3. The highest BCUT2D eigenvalue weighted by Crippen LogP contribution is 2.19. The Balaban J connectivity index is 2.15. The summed E-state index contributed by atoms with van der Waals surface area (Å²) in [4.78, 5) is 29.1. The third-order valence-electron chi connectivity index (χ3n) is 3.38. The zero-order chi connectivity index (χ0) is 15.1. The van der Waals surface area contributed by atoms with Crippen LogP contribution in [0.3, 0.4) is 0 Å². The smallest absolute Gasteiger partial charge is 0.291 e. The lowest BCUT2D eigenvalue weighted by atomic mass is 10.5. The van der Waals surface area contributed by atoms with Crippen molar-refractivity contribution in [2.75, 3.05) is 14.2 Å². The Morgan fingerprint density at radius 2 is 2.24 bits per heavy atom. The minimum atomic E-state index is -0.369. The third kappa shape index (κ3) is 2.00. The van der Waals surface area contributed by atoms with Gasteiger partial charge < -0.3 is 4.42 Å². The Hall–Kier alpha value is -2.61. The molecule has 3 heterocycles. The van der Waals surface area contributed by atoms with Crippen molar-refractivity contribution < 1.29 is 14.0 Å². The van der Waals surface area contributed by atoms with Gasteiger partial charge in [-0.1, -0.05) is 0 Å². The molecule has 3 aromatic heterocycles. The molecular formula is C13H14N4O4. The summed E-state index contributed by atoms with van der Waals surface area (Å²) in [7, 11) is 2.85. The van der Waals surface area contributed by atoms with Gasteiger partial charge in [0.05, 0.1) is 18.9 Å². The first kappa shape index (κ1) is 13.4. The van der Waals surface area contributed by atoms with Gasteiger partial charge in [0.1, 0.15) is 17.9 Å². The summed E-state index contributed by atoms with van der Waals surface area (Å²) in [5.74, 6) is 0.222. The number of hydrogen-bond acceptors (Lipinski definition) is 5. The number of carbonyl (C=O) groups excluding carboxylic acids is 1. The first-order chi connectivity index (χ1) is 10.0. The van der Waals surface area contributed by atoms with Crippen LogP contribution in [-0.2, 0) is 16.2 Å². The van der Waals surface area contributed by atoms with Crippen LogP contribution < -0.4 is 5.56 Å². The average Bonchev–Trinajstić information content (AvgIpc) is 3.03. The molecular weight excluding hydrogens is 276 g/mol. The summed E-state index contributed by atoms with van der Waals surface area (Å²) >= 11 is 0. The van der Waals surface area contributed by atoms with Gasteiger partial charge in [-0.15, -0.1) is 0 Å². The predicted octanol–water partition coefficient (Wildman–Crippen LogP) is 0.570. The van der Waals surface area contributed by atoms with Crippen molar-refractivity contribution in [3.05, 3.63) is 34.6 Å². The molecule has 110 valence electrons. The minimum absolute atomic E-state index is 0.187. The van der Waals surface area contributed by atoms with Gasteiger partial charge in [-0.05, 0) is 6.92 Å². The van der Waals surface area contributed by atoms with Gasteiger partial charge in [-0.3, -0.25) is 18.8 Å². The molecule has 0 aromatic carbocycles. The minimum Gasteiger partial charge on any atom is -0.463 e. The maximum atomic E-state index is 12.4. The Morgan fingerprint density at radius 1 is 1.48 bits per heavy atom. The van der Waals surface area contributed by atoms with Crippen LogP contribution in [0.2, 0.25) is 0 Å². The Kier molecular flexibility index (Phi) is 3.02.